The fraction of sp³-hybridized carbons (Fsp3) is 0.412. The molecule has 2 N–H and O–H groups in total. The van der Waals surface area contributed by atoms with E-state index < -0.39 is 16.9 Å². The molecule has 0 saturated heterocycles. The molecule has 0 saturated carbocycles. The summed E-state index contributed by atoms with van der Waals surface area (Å²) in [6.07, 6.45) is 29.5. The van der Waals surface area contributed by atoms with Crippen LogP contribution < -0.4 is 0 Å². The Kier molecular flexibility index (Phi) is 14.7. The first-order valence-electron chi connectivity index (χ1n) is 20.9. The zero-order valence-electron chi connectivity index (χ0n) is 36.7. The lowest BCUT2D eigenvalue weighted by molar-refractivity contribution is -0.470. The second-order valence-corrected chi connectivity index (χ2v) is 17.5. The summed E-state index contributed by atoms with van der Waals surface area (Å²) in [5.74, 6) is 1.28. The van der Waals surface area contributed by atoms with Crippen molar-refractivity contribution in [1.29, 1.82) is 0 Å². The molecule has 9 heteroatoms. The summed E-state index contributed by atoms with van der Waals surface area (Å²) >= 11 is 0. The van der Waals surface area contributed by atoms with E-state index in [-0.39, 0.29) is 41.9 Å². The molecule has 3 heterocycles. The first kappa shape index (κ1) is 46.0. The molecule has 5 rings (SSSR count). The van der Waals surface area contributed by atoms with Gasteiger partial charge >= 0.3 is 0 Å². The van der Waals surface area contributed by atoms with Gasteiger partial charge in [-0.15, -0.1) is 0 Å². The molecule has 1 aliphatic carbocycles. The SMILES string of the molecule is C=CC(=C)C(C)(C)C1(N(C/C=C\C)Cc2ccc(CN3C/C=C\C=C/C(C)C(C)(C)C34C=CC3=C(O4)C(CO)CC=C3)cc2)C=CC(/C=C(\C)C[N+](=O)[O-])=C(C(=C)CO)O1. The highest BCUT2D eigenvalue weighted by Gasteiger charge is 2.55. The van der Waals surface area contributed by atoms with E-state index in [2.05, 4.69) is 143 Å². The third-order valence-corrected chi connectivity index (χ3v) is 12.9. The lowest BCUT2D eigenvalue weighted by Gasteiger charge is -2.55. The summed E-state index contributed by atoms with van der Waals surface area (Å²) in [4.78, 5) is 15.6. The van der Waals surface area contributed by atoms with Crippen LogP contribution in [0.15, 0.2) is 168 Å². The fourth-order valence-electron chi connectivity index (χ4n) is 8.56. The Hall–Kier alpha value is -5.06. The minimum atomic E-state index is -1.14. The number of aliphatic hydroxyl groups is 2. The van der Waals surface area contributed by atoms with Crippen molar-refractivity contribution < 1.29 is 24.6 Å². The number of rotatable bonds is 16. The van der Waals surface area contributed by atoms with Crippen molar-refractivity contribution in [3.63, 3.8) is 0 Å². The predicted molar refractivity (Wildman–Crippen MR) is 243 cm³/mol. The predicted octanol–water partition coefficient (Wildman–Crippen LogP) is 9.84. The van der Waals surface area contributed by atoms with E-state index in [4.69, 9.17) is 9.47 Å². The molecule has 0 bridgehead atoms. The monoisotopic (exact) mass is 815 g/mol. The average Bonchev–Trinajstić information content (AvgIpc) is 3.26. The molecule has 0 amide bonds. The minimum absolute atomic E-state index is 0.0199. The van der Waals surface area contributed by atoms with Crippen molar-refractivity contribution in [2.75, 3.05) is 32.8 Å². The number of hydrogen-bond acceptors (Lipinski definition) is 8. The molecule has 1 aromatic rings. The normalized spacial score (nSPS) is 26.6. The molecule has 0 fully saturated rings. The van der Waals surface area contributed by atoms with Crippen LogP contribution in [0.25, 0.3) is 0 Å². The molecule has 0 aromatic heterocycles. The van der Waals surface area contributed by atoms with E-state index in [1.165, 1.54) is 0 Å². The maximum Gasteiger partial charge on any atom is 0.225 e. The van der Waals surface area contributed by atoms with Gasteiger partial charge in [-0.2, -0.15) is 0 Å². The van der Waals surface area contributed by atoms with Crippen LogP contribution >= 0.6 is 0 Å². The van der Waals surface area contributed by atoms with Crippen LogP contribution in [0.4, 0.5) is 0 Å². The summed E-state index contributed by atoms with van der Waals surface area (Å²) in [5, 5.41) is 32.1. The Labute approximate surface area is 358 Å². The topological polar surface area (TPSA) is 109 Å². The second kappa shape index (κ2) is 19.1. The van der Waals surface area contributed by atoms with E-state index in [1.807, 2.05) is 25.2 Å². The number of hydrogen-bond donors (Lipinski definition) is 2. The van der Waals surface area contributed by atoms with Crippen molar-refractivity contribution in [2.24, 2.45) is 22.7 Å². The molecular formula is C51H65N3O6. The highest BCUT2D eigenvalue weighted by Crippen LogP contribution is 2.52. The van der Waals surface area contributed by atoms with Gasteiger partial charge in [0.2, 0.25) is 6.54 Å². The van der Waals surface area contributed by atoms with Crippen LogP contribution in [-0.4, -0.2) is 69.2 Å². The first-order valence-corrected chi connectivity index (χ1v) is 20.9. The van der Waals surface area contributed by atoms with Gasteiger partial charge in [0, 0.05) is 64.6 Å². The lowest BCUT2D eigenvalue weighted by atomic mass is 9.69. The molecule has 4 atom stereocenters. The van der Waals surface area contributed by atoms with Crippen LogP contribution in [0, 0.1) is 32.8 Å². The maximum absolute atomic E-state index is 11.3. The summed E-state index contributed by atoms with van der Waals surface area (Å²) in [7, 11) is 0. The van der Waals surface area contributed by atoms with Crippen LogP contribution in [0.1, 0.15) is 66.0 Å². The van der Waals surface area contributed by atoms with E-state index >= 15 is 0 Å². The van der Waals surface area contributed by atoms with Gasteiger partial charge in [-0.3, -0.25) is 19.9 Å². The molecule has 1 spiro atoms. The van der Waals surface area contributed by atoms with Crippen LogP contribution in [0.2, 0.25) is 0 Å². The van der Waals surface area contributed by atoms with Gasteiger partial charge in [0.1, 0.15) is 11.5 Å². The second-order valence-electron chi connectivity index (χ2n) is 17.5. The lowest BCUT2D eigenvalue weighted by Crippen LogP contribution is -2.61. The maximum atomic E-state index is 11.3. The largest absolute Gasteiger partial charge is 0.472 e. The summed E-state index contributed by atoms with van der Waals surface area (Å²) < 4.78 is 14.4. The van der Waals surface area contributed by atoms with Crippen molar-refractivity contribution in [3.8, 4) is 0 Å². The van der Waals surface area contributed by atoms with Crippen LogP contribution in [-0.2, 0) is 22.6 Å². The molecule has 320 valence electrons. The van der Waals surface area contributed by atoms with E-state index in [1.54, 1.807) is 19.1 Å². The van der Waals surface area contributed by atoms with Gasteiger partial charge in [-0.05, 0) is 72.8 Å². The smallest absolute Gasteiger partial charge is 0.225 e. The molecular weight excluding hydrogens is 751 g/mol. The van der Waals surface area contributed by atoms with Crippen molar-refractivity contribution in [1.82, 2.24) is 9.80 Å². The van der Waals surface area contributed by atoms with Gasteiger partial charge in [0.05, 0.1) is 13.2 Å². The number of nitro groups is 1. The molecule has 1 aromatic carbocycles. The third kappa shape index (κ3) is 9.15. The molecule has 4 aliphatic rings. The van der Waals surface area contributed by atoms with E-state index in [0.29, 0.717) is 48.7 Å². The number of allylic oxidation sites excluding steroid dienone is 12. The zero-order chi connectivity index (χ0) is 43.9. The Morgan fingerprint density at radius 1 is 1.07 bits per heavy atom. The molecule has 60 heavy (non-hydrogen) atoms. The van der Waals surface area contributed by atoms with E-state index in [0.717, 1.165) is 34.5 Å². The van der Waals surface area contributed by atoms with E-state index in [9.17, 15) is 20.3 Å². The Bertz CT molecular complexity index is 2090. The molecule has 4 unspecified atom stereocenters. The first-order chi connectivity index (χ1) is 28.5. The van der Waals surface area contributed by atoms with Gasteiger partial charge in [0.15, 0.2) is 11.4 Å². The standard InChI is InChI=1S/C51H65N3O6/c1-11-13-29-52(50(48(7,8)39(5)12-2)28-26-44(31-37(3)32-54(57)58)46(59-50)38(4)35-55)33-41-21-23-42(24-22-41)34-53-30-16-14-15-18-40(6)49(9,10)51(53)27-25-43-19-17-20-45(36-56)47(43)60-51/h11-19,21-28,31,40,45,55-56H,2,4-5,20,29-30,32-36H2,1,3,6-10H3/b13-11-,16-14-,18-15-,37-31+. The van der Waals surface area contributed by atoms with Crippen LogP contribution in [0.5, 0.6) is 0 Å². The van der Waals surface area contributed by atoms with Crippen LogP contribution in [0.3, 0.4) is 0 Å². The summed E-state index contributed by atoms with van der Waals surface area (Å²) in [6.45, 7) is 28.8. The van der Waals surface area contributed by atoms with Gasteiger partial charge < -0.3 is 19.7 Å². The highest BCUT2D eigenvalue weighted by molar-refractivity contribution is 5.48. The van der Waals surface area contributed by atoms with Gasteiger partial charge in [-0.25, -0.2) is 0 Å². The van der Waals surface area contributed by atoms with Gasteiger partial charge in [-0.1, -0.05) is 139 Å². The highest BCUT2D eigenvalue weighted by atomic mass is 16.6. The van der Waals surface area contributed by atoms with Crippen molar-refractivity contribution >= 4 is 0 Å². The van der Waals surface area contributed by atoms with Crippen molar-refractivity contribution in [2.45, 2.75) is 79.4 Å². The number of ether oxygens (including phenoxy) is 2. The number of nitrogens with zero attached hydrogens (tertiary/aromatic N) is 3. The Balaban J connectivity index is 1.53. The third-order valence-electron chi connectivity index (χ3n) is 12.9. The molecule has 3 aliphatic heterocycles. The molecule has 9 nitrogen and oxygen atoms in total. The van der Waals surface area contributed by atoms with Crippen molar-refractivity contribution in [3.05, 3.63) is 190 Å². The quantitative estimate of drug-likeness (QED) is 0.0735. The summed E-state index contributed by atoms with van der Waals surface area (Å²) in [6, 6.07) is 8.67. The Morgan fingerprint density at radius 3 is 2.43 bits per heavy atom. The molecule has 0 radical (unpaired) electrons. The number of aliphatic hydroxyl groups excluding tert-OH is 2. The zero-order valence-corrected chi connectivity index (χ0v) is 36.7. The number of benzene rings is 1. The average molecular weight is 816 g/mol. The summed E-state index contributed by atoms with van der Waals surface area (Å²) in [5.41, 5.74) is 2.37. The minimum Gasteiger partial charge on any atom is -0.472 e. The Morgan fingerprint density at radius 2 is 1.78 bits per heavy atom. The fourth-order valence-corrected chi connectivity index (χ4v) is 8.56. The van der Waals surface area contributed by atoms with Gasteiger partial charge in [0.25, 0.3) is 0 Å².